The van der Waals surface area contributed by atoms with E-state index in [4.69, 9.17) is 0 Å². The van der Waals surface area contributed by atoms with E-state index >= 15 is 0 Å². The van der Waals surface area contributed by atoms with E-state index in [1.165, 1.54) is 0 Å². The molecule has 0 aromatic heterocycles. The summed E-state index contributed by atoms with van der Waals surface area (Å²) in [6, 6.07) is 0. The van der Waals surface area contributed by atoms with Gasteiger partial charge >= 0.3 is 0 Å². The molecule has 0 amide bonds. The van der Waals surface area contributed by atoms with Crippen molar-refractivity contribution in [3.8, 4) is 0 Å². The molecule has 0 saturated heterocycles. The van der Waals surface area contributed by atoms with Gasteiger partial charge in [0.15, 0.2) is 0 Å². The Morgan fingerprint density at radius 2 is 1.58 bits per heavy atom. The molecule has 0 unspecified atom stereocenters. The monoisotopic (exact) mass is 178 g/mol. The summed E-state index contributed by atoms with van der Waals surface area (Å²) in [6.07, 6.45) is 0. The van der Waals surface area contributed by atoms with Gasteiger partial charge in [-0.1, -0.05) is 20.8 Å². The first-order valence-corrected chi connectivity index (χ1v) is 4.67. The summed E-state index contributed by atoms with van der Waals surface area (Å²) in [6.45, 7) is 10.8. The number of ether oxygens (including phenoxy) is 1. The smallest absolute Gasteiger partial charge is 0.0451 e. The Morgan fingerprint density at radius 3 is 1.67 bits per heavy atom. The number of nitrogens with one attached hydrogen (secondary N) is 2. The topological polar surface area (TPSA) is 33.3 Å². The van der Waals surface area contributed by atoms with Crippen molar-refractivity contribution in [3.63, 3.8) is 0 Å². The zero-order valence-electron chi connectivity index (χ0n) is 9.53. The first-order chi connectivity index (χ1) is 5.83. The van der Waals surface area contributed by atoms with Gasteiger partial charge in [-0.2, -0.15) is 0 Å². The molecule has 0 atom stereocenters. The standard InChI is InChI=1S/C4H12N2.C3H8O.C2H6/c1-3-6-4-5-2;1-3-4-2;1-2/h5-6H,3-4H2,1-2H3;3H2,1-2H3;1-2H3. The van der Waals surface area contributed by atoms with Crippen LogP contribution in [0.5, 0.6) is 0 Å². The molecule has 0 radical (unpaired) electrons. The number of hydrogen-bond donors (Lipinski definition) is 2. The lowest BCUT2D eigenvalue weighted by molar-refractivity contribution is 0.215. The third-order valence-corrected chi connectivity index (χ3v) is 0.840. The molecule has 0 spiro atoms. The minimum Gasteiger partial charge on any atom is -0.385 e. The van der Waals surface area contributed by atoms with E-state index in [0.717, 1.165) is 19.8 Å². The summed E-state index contributed by atoms with van der Waals surface area (Å²) in [5, 5.41) is 6.04. The second kappa shape index (κ2) is 30.7. The van der Waals surface area contributed by atoms with Crippen LogP contribution < -0.4 is 10.6 Å². The van der Waals surface area contributed by atoms with Gasteiger partial charge in [0.1, 0.15) is 0 Å². The second-order valence-electron chi connectivity index (χ2n) is 1.71. The van der Waals surface area contributed by atoms with Gasteiger partial charge < -0.3 is 15.4 Å². The maximum atomic E-state index is 4.54. The molecule has 0 bridgehead atoms. The van der Waals surface area contributed by atoms with E-state index in [2.05, 4.69) is 22.3 Å². The Labute approximate surface area is 77.9 Å². The lowest BCUT2D eigenvalue weighted by atomic mass is 10.7. The summed E-state index contributed by atoms with van der Waals surface area (Å²) in [5.41, 5.74) is 0. The van der Waals surface area contributed by atoms with Crippen LogP contribution in [0.15, 0.2) is 0 Å². The van der Waals surface area contributed by atoms with Crippen LogP contribution in [0.1, 0.15) is 27.7 Å². The average molecular weight is 178 g/mol. The molecule has 0 aliphatic carbocycles. The molecular weight excluding hydrogens is 152 g/mol. The van der Waals surface area contributed by atoms with Gasteiger partial charge in [-0.25, -0.2) is 0 Å². The molecule has 0 aliphatic rings. The Kier molecular flexibility index (Phi) is 45.7. The summed E-state index contributed by atoms with van der Waals surface area (Å²) in [7, 11) is 3.60. The van der Waals surface area contributed by atoms with Crippen LogP contribution in [0.25, 0.3) is 0 Å². The summed E-state index contributed by atoms with van der Waals surface area (Å²) in [4.78, 5) is 0. The zero-order chi connectivity index (χ0) is 10.2. The van der Waals surface area contributed by atoms with Crippen molar-refractivity contribution in [2.24, 2.45) is 0 Å². The minimum atomic E-state index is 0.819. The first-order valence-electron chi connectivity index (χ1n) is 4.67. The Hall–Kier alpha value is -0.120. The lowest BCUT2D eigenvalue weighted by Gasteiger charge is -1.94. The van der Waals surface area contributed by atoms with Crippen LogP contribution in [0, 0.1) is 0 Å². The first kappa shape index (κ1) is 17.8. The van der Waals surface area contributed by atoms with Crippen LogP contribution in [0.2, 0.25) is 0 Å². The molecule has 78 valence electrons. The highest BCUT2D eigenvalue weighted by molar-refractivity contribution is 4.31. The van der Waals surface area contributed by atoms with Gasteiger partial charge in [-0.3, -0.25) is 0 Å². The summed E-state index contributed by atoms with van der Waals surface area (Å²) >= 11 is 0. The number of rotatable bonds is 4. The van der Waals surface area contributed by atoms with E-state index in [1.807, 2.05) is 27.8 Å². The molecule has 3 nitrogen and oxygen atoms in total. The van der Waals surface area contributed by atoms with Crippen molar-refractivity contribution >= 4 is 0 Å². The molecule has 0 rings (SSSR count). The van der Waals surface area contributed by atoms with Gasteiger partial charge in [0.2, 0.25) is 0 Å². The largest absolute Gasteiger partial charge is 0.385 e. The third kappa shape index (κ3) is 51.8. The Balaban J connectivity index is -0.000000118. The fraction of sp³-hybridized carbons (Fsp3) is 1.00. The zero-order valence-corrected chi connectivity index (χ0v) is 9.53. The van der Waals surface area contributed by atoms with Crippen LogP contribution >= 0.6 is 0 Å². The summed E-state index contributed by atoms with van der Waals surface area (Å²) in [5.74, 6) is 0. The predicted molar refractivity (Wildman–Crippen MR) is 56.5 cm³/mol. The van der Waals surface area contributed by atoms with Gasteiger partial charge in [0.25, 0.3) is 0 Å². The highest BCUT2D eigenvalue weighted by atomic mass is 16.5. The SMILES string of the molecule is CC.CCNCNC.CCOC. The second-order valence-corrected chi connectivity index (χ2v) is 1.71. The van der Waals surface area contributed by atoms with Gasteiger partial charge in [-0.15, -0.1) is 0 Å². The quantitative estimate of drug-likeness (QED) is 0.505. The average Bonchev–Trinajstić information content (AvgIpc) is 2.18. The number of hydrogen-bond acceptors (Lipinski definition) is 3. The van der Waals surface area contributed by atoms with Crippen molar-refractivity contribution < 1.29 is 4.74 Å². The molecule has 3 heteroatoms. The molecule has 0 aliphatic heterocycles. The molecule has 2 N–H and O–H groups in total. The molecular formula is C9H26N2O. The van der Waals surface area contributed by atoms with Gasteiger partial charge in [-0.05, 0) is 20.5 Å². The maximum absolute atomic E-state index is 4.54. The third-order valence-electron chi connectivity index (χ3n) is 0.840. The van der Waals surface area contributed by atoms with Crippen LogP contribution in [-0.2, 0) is 4.74 Å². The fourth-order valence-electron chi connectivity index (χ4n) is 0.250. The van der Waals surface area contributed by atoms with Crippen molar-refractivity contribution in [1.82, 2.24) is 10.6 Å². The summed E-state index contributed by atoms with van der Waals surface area (Å²) < 4.78 is 4.54. The van der Waals surface area contributed by atoms with Crippen LogP contribution in [-0.4, -0.2) is 34.0 Å². The van der Waals surface area contributed by atoms with E-state index in [9.17, 15) is 0 Å². The number of methoxy groups -OCH3 is 1. The van der Waals surface area contributed by atoms with Crippen molar-refractivity contribution in [2.75, 3.05) is 34.0 Å². The Morgan fingerprint density at radius 1 is 1.17 bits per heavy atom. The molecule has 0 aromatic rings. The van der Waals surface area contributed by atoms with Crippen LogP contribution in [0.4, 0.5) is 0 Å². The minimum absolute atomic E-state index is 0.819. The highest BCUT2D eigenvalue weighted by Gasteiger charge is 1.68. The lowest BCUT2D eigenvalue weighted by Crippen LogP contribution is -2.24. The van der Waals surface area contributed by atoms with Crippen molar-refractivity contribution in [2.45, 2.75) is 27.7 Å². The van der Waals surface area contributed by atoms with Gasteiger partial charge in [0.05, 0.1) is 0 Å². The van der Waals surface area contributed by atoms with Gasteiger partial charge in [0, 0.05) is 20.4 Å². The highest BCUT2D eigenvalue weighted by Crippen LogP contribution is 1.52. The molecule has 0 fully saturated rings. The van der Waals surface area contributed by atoms with Crippen molar-refractivity contribution in [1.29, 1.82) is 0 Å². The normalized spacial score (nSPS) is 7.50. The van der Waals surface area contributed by atoms with E-state index in [-0.39, 0.29) is 0 Å². The fourth-order valence-corrected chi connectivity index (χ4v) is 0.250. The maximum Gasteiger partial charge on any atom is 0.0451 e. The molecule has 12 heavy (non-hydrogen) atoms. The van der Waals surface area contributed by atoms with Crippen LogP contribution in [0.3, 0.4) is 0 Å². The molecule has 0 heterocycles. The Bertz CT molecular complexity index is 37.5. The predicted octanol–water partition coefficient (Wildman–Crippen LogP) is 1.45. The van der Waals surface area contributed by atoms with E-state index < -0.39 is 0 Å². The van der Waals surface area contributed by atoms with E-state index in [0.29, 0.717) is 0 Å². The van der Waals surface area contributed by atoms with Crippen molar-refractivity contribution in [3.05, 3.63) is 0 Å². The molecule has 0 aromatic carbocycles. The molecule has 0 saturated carbocycles. The van der Waals surface area contributed by atoms with E-state index in [1.54, 1.807) is 7.11 Å².